The average molecular weight is 406 g/mol. The lowest BCUT2D eigenvalue weighted by Gasteiger charge is -2.17. The molecule has 0 N–H and O–H groups in total. The fourth-order valence-electron chi connectivity index (χ4n) is 4.06. The summed E-state index contributed by atoms with van der Waals surface area (Å²) in [6.45, 7) is 3.89. The molecule has 2 saturated heterocycles. The molecule has 2 aliphatic rings. The zero-order valence-electron chi connectivity index (χ0n) is 16.8. The number of carbonyl (C=O) groups is 1. The standard InChI is InChI=1S/C23H23FN4O2/c1-15-4-7-18(14-19(15)24)28-23(20-10-11-21(29)30-20)25-22(26-28)16-5-8-17(9-6-16)27-12-2-3-13-27/h4-9,14,20H,2-3,10-13H2,1H3/t20-/m0/s1. The summed E-state index contributed by atoms with van der Waals surface area (Å²) in [5, 5.41) is 4.65. The lowest BCUT2D eigenvalue weighted by Crippen LogP contribution is -2.17. The Balaban J connectivity index is 1.53. The predicted molar refractivity (Wildman–Crippen MR) is 111 cm³/mol. The Morgan fingerprint density at radius 1 is 1.07 bits per heavy atom. The summed E-state index contributed by atoms with van der Waals surface area (Å²) in [4.78, 5) is 18.7. The van der Waals surface area contributed by atoms with Gasteiger partial charge in [0.05, 0.1) is 5.69 Å². The minimum absolute atomic E-state index is 0.249. The quantitative estimate of drug-likeness (QED) is 0.603. The fraction of sp³-hybridized carbons (Fsp3) is 0.348. The molecule has 7 heteroatoms. The van der Waals surface area contributed by atoms with Crippen LogP contribution in [0, 0.1) is 12.7 Å². The highest BCUT2D eigenvalue weighted by molar-refractivity contribution is 5.71. The van der Waals surface area contributed by atoms with Crippen LogP contribution in [0.3, 0.4) is 0 Å². The van der Waals surface area contributed by atoms with Crippen molar-refractivity contribution >= 4 is 11.7 Å². The van der Waals surface area contributed by atoms with Crippen molar-refractivity contribution in [2.24, 2.45) is 0 Å². The van der Waals surface area contributed by atoms with Gasteiger partial charge in [-0.25, -0.2) is 14.1 Å². The second-order valence-corrected chi connectivity index (χ2v) is 7.90. The number of anilines is 1. The van der Waals surface area contributed by atoms with E-state index in [1.807, 2.05) is 12.1 Å². The first-order chi connectivity index (χ1) is 14.6. The monoisotopic (exact) mass is 406 g/mol. The van der Waals surface area contributed by atoms with Gasteiger partial charge in [-0.1, -0.05) is 6.07 Å². The second-order valence-electron chi connectivity index (χ2n) is 7.90. The number of nitrogens with zero attached hydrogens (tertiary/aromatic N) is 4. The molecule has 0 bridgehead atoms. The highest BCUT2D eigenvalue weighted by atomic mass is 19.1. The Morgan fingerprint density at radius 3 is 2.47 bits per heavy atom. The first-order valence-electron chi connectivity index (χ1n) is 10.4. The van der Waals surface area contributed by atoms with Crippen LogP contribution in [-0.2, 0) is 9.53 Å². The Morgan fingerprint density at radius 2 is 1.80 bits per heavy atom. The molecule has 1 atom stereocenters. The number of ether oxygens (including phenoxy) is 1. The second kappa shape index (κ2) is 7.55. The Bertz CT molecular complexity index is 1090. The molecule has 0 spiro atoms. The zero-order chi connectivity index (χ0) is 20.7. The molecule has 2 aliphatic heterocycles. The number of rotatable bonds is 4. The Hall–Kier alpha value is -3.22. The number of halogens is 1. The summed E-state index contributed by atoms with van der Waals surface area (Å²) in [7, 11) is 0. The van der Waals surface area contributed by atoms with Gasteiger partial charge in [0.1, 0.15) is 5.82 Å². The molecule has 0 radical (unpaired) electrons. The predicted octanol–water partition coefficient (Wildman–Crippen LogP) is 4.36. The van der Waals surface area contributed by atoms with Crippen LogP contribution in [0.25, 0.3) is 17.1 Å². The van der Waals surface area contributed by atoms with Crippen molar-refractivity contribution in [3.8, 4) is 17.1 Å². The van der Waals surface area contributed by atoms with Gasteiger partial charge in [-0.15, -0.1) is 5.10 Å². The van der Waals surface area contributed by atoms with E-state index in [-0.39, 0.29) is 11.8 Å². The van der Waals surface area contributed by atoms with Crippen LogP contribution < -0.4 is 4.90 Å². The smallest absolute Gasteiger partial charge is 0.306 e. The maximum Gasteiger partial charge on any atom is 0.306 e. The van der Waals surface area contributed by atoms with E-state index in [1.165, 1.54) is 24.6 Å². The van der Waals surface area contributed by atoms with E-state index in [1.54, 1.807) is 23.7 Å². The molecule has 2 fully saturated rings. The van der Waals surface area contributed by atoms with Gasteiger partial charge in [0.2, 0.25) is 0 Å². The van der Waals surface area contributed by atoms with E-state index in [2.05, 4.69) is 22.1 Å². The van der Waals surface area contributed by atoms with Crippen molar-refractivity contribution in [1.29, 1.82) is 0 Å². The van der Waals surface area contributed by atoms with Gasteiger partial charge in [-0.2, -0.15) is 0 Å². The molecular formula is C23H23FN4O2. The summed E-state index contributed by atoms with van der Waals surface area (Å²) in [5.41, 5.74) is 3.19. The highest BCUT2D eigenvalue weighted by Crippen LogP contribution is 2.32. The van der Waals surface area contributed by atoms with Crippen LogP contribution in [0.4, 0.5) is 10.1 Å². The van der Waals surface area contributed by atoms with E-state index in [0.29, 0.717) is 35.7 Å². The van der Waals surface area contributed by atoms with Crippen LogP contribution in [0.5, 0.6) is 0 Å². The highest BCUT2D eigenvalue weighted by Gasteiger charge is 2.31. The molecular weight excluding hydrogens is 383 g/mol. The first kappa shape index (κ1) is 18.8. The van der Waals surface area contributed by atoms with E-state index >= 15 is 0 Å². The lowest BCUT2D eigenvalue weighted by molar-refractivity contribution is -0.141. The number of carbonyl (C=O) groups excluding carboxylic acids is 1. The van der Waals surface area contributed by atoms with Gasteiger partial charge >= 0.3 is 5.97 Å². The molecule has 1 aromatic heterocycles. The van der Waals surface area contributed by atoms with E-state index in [4.69, 9.17) is 9.72 Å². The largest absolute Gasteiger partial charge is 0.454 e. The molecule has 3 aromatic rings. The Kier molecular flexibility index (Phi) is 4.73. The van der Waals surface area contributed by atoms with Crippen molar-refractivity contribution in [2.45, 2.75) is 38.7 Å². The van der Waals surface area contributed by atoms with Crippen LogP contribution in [-0.4, -0.2) is 33.8 Å². The molecule has 154 valence electrons. The van der Waals surface area contributed by atoms with Gasteiger partial charge < -0.3 is 9.64 Å². The number of hydrogen-bond acceptors (Lipinski definition) is 5. The number of hydrogen-bond donors (Lipinski definition) is 0. The third-order valence-electron chi connectivity index (χ3n) is 5.80. The van der Waals surface area contributed by atoms with Gasteiger partial charge in [0, 0.05) is 37.2 Å². The minimum atomic E-state index is -0.480. The third kappa shape index (κ3) is 3.44. The molecule has 5 rings (SSSR count). The number of benzene rings is 2. The van der Waals surface area contributed by atoms with Crippen molar-refractivity contribution in [2.75, 3.05) is 18.0 Å². The van der Waals surface area contributed by atoms with Crippen molar-refractivity contribution in [1.82, 2.24) is 14.8 Å². The number of esters is 1. The van der Waals surface area contributed by atoms with Crippen molar-refractivity contribution in [3.05, 3.63) is 59.7 Å². The van der Waals surface area contributed by atoms with E-state index in [9.17, 15) is 9.18 Å². The summed E-state index contributed by atoms with van der Waals surface area (Å²) in [5.74, 6) is 0.486. The number of cyclic esters (lactones) is 1. The zero-order valence-corrected chi connectivity index (χ0v) is 16.8. The maximum absolute atomic E-state index is 14.2. The number of aryl methyl sites for hydroxylation is 1. The van der Waals surface area contributed by atoms with Crippen LogP contribution in [0.1, 0.15) is 43.2 Å². The fourth-order valence-corrected chi connectivity index (χ4v) is 4.06. The normalized spacial score (nSPS) is 18.8. The SMILES string of the molecule is Cc1ccc(-n2nc(-c3ccc(N4CCCC4)cc3)nc2[C@@H]2CCC(=O)O2)cc1F. The van der Waals surface area contributed by atoms with E-state index in [0.717, 1.165) is 18.7 Å². The molecule has 0 saturated carbocycles. The van der Waals surface area contributed by atoms with Crippen molar-refractivity contribution in [3.63, 3.8) is 0 Å². The summed E-state index contributed by atoms with van der Waals surface area (Å²) >= 11 is 0. The van der Waals surface area contributed by atoms with Crippen LogP contribution in [0.15, 0.2) is 42.5 Å². The van der Waals surface area contributed by atoms with Gasteiger partial charge in [-0.05, 0) is 61.7 Å². The lowest BCUT2D eigenvalue weighted by atomic mass is 10.2. The molecule has 6 nitrogen and oxygen atoms in total. The molecule has 3 heterocycles. The number of aromatic nitrogens is 3. The molecule has 30 heavy (non-hydrogen) atoms. The van der Waals surface area contributed by atoms with Gasteiger partial charge in [-0.3, -0.25) is 4.79 Å². The van der Waals surface area contributed by atoms with Crippen molar-refractivity contribution < 1.29 is 13.9 Å². The van der Waals surface area contributed by atoms with Crippen LogP contribution >= 0.6 is 0 Å². The third-order valence-corrected chi connectivity index (χ3v) is 5.80. The summed E-state index contributed by atoms with van der Waals surface area (Å²) < 4.78 is 21.2. The Labute approximate surface area is 174 Å². The average Bonchev–Trinajstić information content (AvgIpc) is 3.50. The first-order valence-corrected chi connectivity index (χ1v) is 10.4. The summed E-state index contributed by atoms with van der Waals surface area (Å²) in [6, 6.07) is 13.1. The molecule has 2 aromatic carbocycles. The van der Waals surface area contributed by atoms with Gasteiger partial charge in [0.25, 0.3) is 0 Å². The molecule has 0 amide bonds. The molecule has 0 unspecified atom stereocenters. The summed E-state index contributed by atoms with van der Waals surface area (Å²) in [6.07, 6.45) is 2.86. The van der Waals surface area contributed by atoms with Gasteiger partial charge in [0.15, 0.2) is 17.8 Å². The topological polar surface area (TPSA) is 60.2 Å². The van der Waals surface area contributed by atoms with Crippen LogP contribution in [0.2, 0.25) is 0 Å². The minimum Gasteiger partial charge on any atom is -0.454 e. The maximum atomic E-state index is 14.2. The molecule has 0 aliphatic carbocycles. The van der Waals surface area contributed by atoms with E-state index < -0.39 is 6.10 Å².